The molecule has 0 aliphatic carbocycles. The summed E-state index contributed by atoms with van der Waals surface area (Å²) in [5.74, 6) is 0.634. The number of hydrogen-bond donors (Lipinski definition) is 3. The molecule has 0 aliphatic rings. The van der Waals surface area contributed by atoms with Crippen molar-refractivity contribution >= 4 is 30.3 Å². The molecule has 1 atom stereocenters. The van der Waals surface area contributed by atoms with Crippen molar-refractivity contribution < 1.29 is 28.0 Å². The summed E-state index contributed by atoms with van der Waals surface area (Å²) in [6.45, 7) is 0.191. The summed E-state index contributed by atoms with van der Waals surface area (Å²) in [7, 11) is -4.87. The lowest BCUT2D eigenvalue weighted by atomic mass is 10.1. The van der Waals surface area contributed by atoms with Crippen LogP contribution in [0.2, 0.25) is 0 Å². The second-order valence-corrected chi connectivity index (χ2v) is 8.75. The van der Waals surface area contributed by atoms with Crippen LogP contribution in [0.25, 0.3) is 11.3 Å². The number of phosphoric ester groups is 1. The number of aromatic nitrogens is 4. The average Bonchev–Trinajstić information content (AvgIpc) is 3.44. The normalized spacial score (nSPS) is 13.1. The van der Waals surface area contributed by atoms with Gasteiger partial charge in [-0.05, 0) is 23.3 Å². The number of nitrogens with two attached hydrogens (primary N) is 1. The van der Waals surface area contributed by atoms with Crippen LogP contribution >= 0.6 is 19.4 Å². The van der Waals surface area contributed by atoms with Crippen molar-refractivity contribution in [3.63, 3.8) is 0 Å². The molecule has 32 heavy (non-hydrogen) atoms. The van der Waals surface area contributed by atoms with Crippen LogP contribution in [0.4, 0.5) is 10.9 Å². The molecule has 0 saturated heterocycles. The van der Waals surface area contributed by atoms with Gasteiger partial charge in [0.1, 0.15) is 11.9 Å². The number of nitrogen functional groups attached to an aromatic ring is 1. The van der Waals surface area contributed by atoms with Crippen LogP contribution in [0.5, 0.6) is 0 Å². The molecule has 4 rings (SSSR count). The first-order chi connectivity index (χ1) is 15.4. The van der Waals surface area contributed by atoms with Gasteiger partial charge < -0.3 is 19.6 Å². The molecule has 4 N–H and O–H groups in total. The molecule has 0 amide bonds. The monoisotopic (exact) mass is 474 g/mol. The molecule has 3 heterocycles. The molecular formula is C19H19N6O5PS. The lowest BCUT2D eigenvalue weighted by Crippen LogP contribution is -2.38. The standard InChI is InChI=1S/C19H19N6O5PS/c20-18-16(2-1-7-25(18)12-29-31(26,27)28)17-9-15(24-30-17)8-13-3-5-14(6-4-13)10-21-19-22-11-23-32-19/h1-7,9,11,20H,8,10,12H2,(H3,21,22,23,26,27,28). The molecule has 4 aromatic rings. The molecule has 0 saturated carbocycles. The number of pyridine rings is 1. The predicted octanol–water partition coefficient (Wildman–Crippen LogP) is 1.70. The highest BCUT2D eigenvalue weighted by Crippen LogP contribution is 2.30. The Bertz CT molecular complexity index is 1230. The van der Waals surface area contributed by atoms with Crippen molar-refractivity contribution in [1.29, 1.82) is 0 Å². The first-order valence-electron chi connectivity index (χ1n) is 9.38. The number of nitrogens with zero attached hydrogens (tertiary/aromatic N) is 4. The van der Waals surface area contributed by atoms with Gasteiger partial charge in [-0.2, -0.15) is 4.37 Å². The number of phosphoric acid groups is 1. The minimum absolute atomic E-state index is 0.205. The SMILES string of the molecule is Nc1c(-c2cc(Cc3ccc(CNc4ncns4)cc3)no2)ccc[n+]1COP(=O)([O-])O. The van der Waals surface area contributed by atoms with Gasteiger partial charge in [0.2, 0.25) is 5.13 Å². The Hall–Kier alpha value is -3.15. The first kappa shape index (κ1) is 22.1. The Labute approximate surface area is 186 Å². The van der Waals surface area contributed by atoms with E-state index in [1.807, 2.05) is 24.3 Å². The lowest BCUT2D eigenvalue weighted by Gasteiger charge is -2.14. The molecule has 166 valence electrons. The molecule has 0 bridgehead atoms. The summed E-state index contributed by atoms with van der Waals surface area (Å²) in [6, 6.07) is 13.2. The van der Waals surface area contributed by atoms with Gasteiger partial charge in [0.05, 0.1) is 11.9 Å². The molecular weight excluding hydrogens is 455 g/mol. The van der Waals surface area contributed by atoms with E-state index in [0.29, 0.717) is 30.0 Å². The van der Waals surface area contributed by atoms with Crippen molar-refractivity contribution in [2.24, 2.45) is 0 Å². The summed E-state index contributed by atoms with van der Waals surface area (Å²) in [5.41, 5.74) is 9.50. The predicted molar refractivity (Wildman–Crippen MR) is 114 cm³/mol. The van der Waals surface area contributed by atoms with Crippen molar-refractivity contribution in [3.05, 3.63) is 71.8 Å². The van der Waals surface area contributed by atoms with E-state index in [-0.39, 0.29) is 5.82 Å². The van der Waals surface area contributed by atoms with E-state index in [2.05, 4.69) is 24.4 Å². The van der Waals surface area contributed by atoms with E-state index < -0.39 is 14.6 Å². The Balaban J connectivity index is 1.41. The largest absolute Gasteiger partial charge is 0.756 e. The van der Waals surface area contributed by atoms with E-state index in [4.69, 9.17) is 15.2 Å². The average molecular weight is 474 g/mol. The smallest absolute Gasteiger partial charge is 0.285 e. The van der Waals surface area contributed by atoms with Crippen molar-refractivity contribution in [2.75, 3.05) is 11.1 Å². The zero-order valence-electron chi connectivity index (χ0n) is 16.6. The van der Waals surface area contributed by atoms with Crippen molar-refractivity contribution in [3.8, 4) is 11.3 Å². The van der Waals surface area contributed by atoms with Crippen molar-refractivity contribution in [1.82, 2.24) is 14.5 Å². The number of hydrogen-bond acceptors (Lipinski definition) is 10. The van der Waals surface area contributed by atoms with Gasteiger partial charge in [0, 0.05) is 30.6 Å². The van der Waals surface area contributed by atoms with Gasteiger partial charge in [-0.3, -0.25) is 14.8 Å². The lowest BCUT2D eigenvalue weighted by molar-refractivity contribution is -0.712. The second-order valence-electron chi connectivity index (χ2n) is 6.78. The van der Waals surface area contributed by atoms with Gasteiger partial charge >= 0.3 is 0 Å². The van der Waals surface area contributed by atoms with Gasteiger partial charge in [-0.15, -0.1) is 0 Å². The molecule has 3 aromatic heterocycles. The van der Waals surface area contributed by atoms with E-state index in [1.54, 1.807) is 18.2 Å². The van der Waals surface area contributed by atoms with Crippen LogP contribution < -0.4 is 20.5 Å². The first-order valence-corrected chi connectivity index (χ1v) is 11.6. The fourth-order valence-corrected chi connectivity index (χ4v) is 3.65. The molecule has 0 fully saturated rings. The fourth-order valence-electron chi connectivity index (χ4n) is 2.95. The van der Waals surface area contributed by atoms with E-state index >= 15 is 0 Å². The summed E-state index contributed by atoms with van der Waals surface area (Å²) in [6.07, 6.45) is 3.60. The third-order valence-electron chi connectivity index (χ3n) is 4.51. The van der Waals surface area contributed by atoms with Crippen LogP contribution in [0.1, 0.15) is 16.8 Å². The molecule has 0 spiro atoms. The Kier molecular flexibility index (Phi) is 6.58. The van der Waals surface area contributed by atoms with Gasteiger partial charge in [0.15, 0.2) is 12.5 Å². The summed E-state index contributed by atoms with van der Waals surface area (Å²) >= 11 is 1.31. The van der Waals surface area contributed by atoms with Crippen LogP contribution in [0.15, 0.2) is 59.5 Å². The van der Waals surface area contributed by atoms with Crippen LogP contribution in [0.3, 0.4) is 0 Å². The highest BCUT2D eigenvalue weighted by atomic mass is 32.1. The molecule has 0 aliphatic heterocycles. The van der Waals surface area contributed by atoms with E-state index in [9.17, 15) is 9.46 Å². The maximum Gasteiger partial charge on any atom is 0.285 e. The zero-order chi connectivity index (χ0) is 22.6. The molecule has 1 aromatic carbocycles. The molecule has 1 unspecified atom stereocenters. The Morgan fingerprint density at radius 1 is 1.28 bits per heavy atom. The fraction of sp³-hybridized carbons (Fsp3) is 0.158. The van der Waals surface area contributed by atoms with E-state index in [1.165, 1.54) is 28.6 Å². The van der Waals surface area contributed by atoms with E-state index in [0.717, 1.165) is 16.3 Å². The summed E-state index contributed by atoms with van der Waals surface area (Å²) in [5, 5.41) is 8.09. The van der Waals surface area contributed by atoms with Gasteiger partial charge in [-0.25, -0.2) is 9.55 Å². The maximum absolute atomic E-state index is 10.8. The topological polar surface area (TPSA) is 163 Å². The van der Waals surface area contributed by atoms with Crippen LogP contribution in [0, 0.1) is 0 Å². The Morgan fingerprint density at radius 3 is 2.78 bits per heavy atom. The minimum atomic E-state index is -4.87. The molecule has 13 heteroatoms. The quantitative estimate of drug-likeness (QED) is 0.240. The summed E-state index contributed by atoms with van der Waals surface area (Å²) < 4.78 is 25.9. The highest BCUT2D eigenvalue weighted by molar-refractivity contribution is 7.44. The van der Waals surface area contributed by atoms with Crippen molar-refractivity contribution in [2.45, 2.75) is 19.7 Å². The third-order valence-corrected chi connectivity index (χ3v) is 5.58. The van der Waals surface area contributed by atoms with Crippen LogP contribution in [-0.2, 0) is 28.8 Å². The third kappa shape index (κ3) is 5.75. The Morgan fingerprint density at radius 2 is 2.06 bits per heavy atom. The van der Waals surface area contributed by atoms with Crippen LogP contribution in [-0.4, -0.2) is 19.4 Å². The maximum atomic E-state index is 10.8. The number of nitrogens with one attached hydrogen (secondary N) is 1. The number of benzene rings is 1. The highest BCUT2D eigenvalue weighted by Gasteiger charge is 2.18. The zero-order valence-corrected chi connectivity index (χ0v) is 18.3. The number of rotatable bonds is 9. The number of anilines is 2. The van der Waals surface area contributed by atoms with Gasteiger partial charge in [0.25, 0.3) is 13.6 Å². The van der Waals surface area contributed by atoms with Gasteiger partial charge in [-0.1, -0.05) is 29.4 Å². The minimum Gasteiger partial charge on any atom is -0.756 e. The summed E-state index contributed by atoms with van der Waals surface area (Å²) in [4.78, 5) is 23.7. The molecule has 11 nitrogen and oxygen atoms in total. The molecule has 0 radical (unpaired) electrons. The second kappa shape index (κ2) is 9.55.